The van der Waals surface area contributed by atoms with Crippen LogP contribution in [0.25, 0.3) is 0 Å². The Labute approximate surface area is 126 Å². The van der Waals surface area contributed by atoms with Crippen LogP contribution < -0.4 is 5.73 Å². The van der Waals surface area contributed by atoms with Crippen LogP contribution in [0.5, 0.6) is 0 Å². The lowest BCUT2D eigenvalue weighted by Gasteiger charge is -2.11. The maximum Gasteiger partial charge on any atom is 0.416 e. The fourth-order valence-corrected chi connectivity index (χ4v) is 2.18. The Morgan fingerprint density at radius 3 is 2.36 bits per heavy atom. The lowest BCUT2D eigenvalue weighted by atomic mass is 9.97. The number of carbonyl (C=O) groups is 1. The zero-order valence-corrected chi connectivity index (χ0v) is 11.7. The molecule has 0 saturated heterocycles. The lowest BCUT2D eigenvalue weighted by Crippen LogP contribution is -2.16. The van der Waals surface area contributed by atoms with Crippen molar-refractivity contribution in [3.8, 4) is 0 Å². The lowest BCUT2D eigenvalue weighted by molar-refractivity contribution is -0.137. The van der Waals surface area contributed by atoms with Gasteiger partial charge in [0.15, 0.2) is 0 Å². The second-order valence-electron chi connectivity index (χ2n) is 4.89. The Hall–Kier alpha value is -2.30. The molecular weight excluding hydrogens is 291 g/mol. The Morgan fingerprint density at radius 1 is 1.09 bits per heavy atom. The third-order valence-electron chi connectivity index (χ3n) is 3.30. The monoisotopic (exact) mass is 306 g/mol. The van der Waals surface area contributed by atoms with Crippen molar-refractivity contribution in [3.05, 3.63) is 77.2 Å². The van der Waals surface area contributed by atoms with Gasteiger partial charge >= 0.3 is 6.18 Å². The Balaban J connectivity index is 2.12. The molecule has 0 aromatic heterocycles. The predicted octanol–water partition coefficient (Wildman–Crippen LogP) is 3.99. The van der Waals surface area contributed by atoms with Gasteiger partial charge in [-0.1, -0.05) is 36.4 Å². The van der Waals surface area contributed by atoms with Gasteiger partial charge in [-0.15, -0.1) is 0 Å². The molecule has 2 aromatic rings. The molecule has 0 fully saturated rings. The molecule has 1 radical (unpaired) electrons. The van der Waals surface area contributed by atoms with Crippen LogP contribution in [0.4, 0.5) is 13.2 Å². The quantitative estimate of drug-likeness (QED) is 0.891. The van der Waals surface area contributed by atoms with Crippen LogP contribution in [0.2, 0.25) is 0 Å². The molecule has 0 bridgehead atoms. The maximum absolute atomic E-state index is 12.7. The van der Waals surface area contributed by atoms with Gasteiger partial charge in [0.05, 0.1) is 5.56 Å². The van der Waals surface area contributed by atoms with Gasteiger partial charge in [-0.3, -0.25) is 4.79 Å². The van der Waals surface area contributed by atoms with Crippen LogP contribution in [0.15, 0.2) is 48.5 Å². The average molecular weight is 306 g/mol. The van der Waals surface area contributed by atoms with E-state index >= 15 is 0 Å². The highest BCUT2D eigenvalue weighted by atomic mass is 19.4. The summed E-state index contributed by atoms with van der Waals surface area (Å²) in [4.78, 5) is 11.4. The second kappa shape index (κ2) is 6.64. The summed E-state index contributed by atoms with van der Waals surface area (Å²) < 4.78 is 38.0. The van der Waals surface area contributed by atoms with Gasteiger partial charge in [-0.2, -0.15) is 13.2 Å². The zero-order valence-electron chi connectivity index (χ0n) is 11.7. The average Bonchev–Trinajstić information content (AvgIpc) is 2.47. The van der Waals surface area contributed by atoms with E-state index in [-0.39, 0.29) is 5.56 Å². The summed E-state index contributed by atoms with van der Waals surface area (Å²) in [5.41, 5.74) is 5.80. The molecule has 0 saturated carbocycles. The van der Waals surface area contributed by atoms with E-state index in [2.05, 4.69) is 0 Å². The van der Waals surface area contributed by atoms with Crippen molar-refractivity contribution in [3.63, 3.8) is 0 Å². The molecular formula is C17H15F3NO. The first kappa shape index (κ1) is 16.1. The first-order valence-electron chi connectivity index (χ1n) is 6.76. The van der Waals surface area contributed by atoms with E-state index in [0.29, 0.717) is 18.4 Å². The van der Waals surface area contributed by atoms with Crippen molar-refractivity contribution in [2.45, 2.75) is 19.0 Å². The molecule has 0 spiro atoms. The van der Waals surface area contributed by atoms with Crippen LogP contribution >= 0.6 is 0 Å². The molecule has 2 nitrogen and oxygen atoms in total. The minimum absolute atomic E-state index is 0.0729. The van der Waals surface area contributed by atoms with Crippen molar-refractivity contribution >= 4 is 5.91 Å². The smallest absolute Gasteiger partial charge is 0.366 e. The summed E-state index contributed by atoms with van der Waals surface area (Å²) in [5.74, 6) is -0.846. The van der Waals surface area contributed by atoms with E-state index < -0.39 is 17.6 Å². The zero-order chi connectivity index (χ0) is 16.2. The molecule has 0 aliphatic rings. The summed E-state index contributed by atoms with van der Waals surface area (Å²) >= 11 is 0. The minimum Gasteiger partial charge on any atom is -0.366 e. The predicted molar refractivity (Wildman–Crippen MR) is 78.1 cm³/mol. The minimum atomic E-state index is -4.49. The van der Waals surface area contributed by atoms with Crippen LogP contribution in [0.1, 0.15) is 33.5 Å². The summed E-state index contributed by atoms with van der Waals surface area (Å²) in [5, 5.41) is 0. The molecule has 22 heavy (non-hydrogen) atoms. The maximum atomic E-state index is 12.7. The summed E-state index contributed by atoms with van der Waals surface area (Å²) in [6, 6.07) is 12.7. The molecule has 0 heterocycles. The first-order chi connectivity index (χ1) is 10.4. The topological polar surface area (TPSA) is 43.1 Å². The number of alkyl halides is 3. The number of hydrogen-bond acceptors (Lipinski definition) is 1. The van der Waals surface area contributed by atoms with Gasteiger partial charge in [0.25, 0.3) is 0 Å². The number of rotatable bonds is 5. The Kier molecular flexibility index (Phi) is 4.85. The largest absolute Gasteiger partial charge is 0.416 e. The summed E-state index contributed by atoms with van der Waals surface area (Å²) in [6.07, 6.45) is -1.47. The van der Waals surface area contributed by atoms with Crippen molar-refractivity contribution in [2.24, 2.45) is 5.73 Å². The van der Waals surface area contributed by atoms with Gasteiger partial charge < -0.3 is 5.73 Å². The first-order valence-corrected chi connectivity index (χ1v) is 6.76. The third kappa shape index (κ3) is 4.10. The number of primary amides is 1. The molecule has 115 valence electrons. The highest BCUT2D eigenvalue weighted by molar-refractivity contribution is 5.94. The van der Waals surface area contributed by atoms with Crippen LogP contribution in [-0.2, 0) is 12.6 Å². The number of nitrogens with two attached hydrogens (primary N) is 1. The van der Waals surface area contributed by atoms with E-state index in [4.69, 9.17) is 5.73 Å². The summed E-state index contributed by atoms with van der Waals surface area (Å²) in [7, 11) is 0. The molecule has 2 aromatic carbocycles. The van der Waals surface area contributed by atoms with Gasteiger partial charge in [0.2, 0.25) is 5.91 Å². The van der Waals surface area contributed by atoms with E-state index in [1.54, 1.807) is 0 Å². The molecule has 1 amide bonds. The van der Waals surface area contributed by atoms with Gasteiger partial charge in [-0.05, 0) is 42.5 Å². The number of amides is 1. The van der Waals surface area contributed by atoms with E-state index in [0.717, 1.165) is 17.7 Å². The summed E-state index contributed by atoms with van der Waals surface area (Å²) in [6.45, 7) is 0. The Bertz CT molecular complexity index is 651. The molecule has 0 aliphatic carbocycles. The molecule has 0 aliphatic heterocycles. The van der Waals surface area contributed by atoms with Gasteiger partial charge in [0.1, 0.15) is 0 Å². The number of halogens is 3. The highest BCUT2D eigenvalue weighted by Crippen LogP contribution is 2.30. The normalized spacial score (nSPS) is 11.4. The SMILES string of the molecule is NC(=O)c1cc(C(F)(F)F)ccc1CC[CH]c1ccccc1. The van der Waals surface area contributed by atoms with Crippen molar-refractivity contribution in [1.82, 2.24) is 0 Å². The van der Waals surface area contributed by atoms with Crippen LogP contribution in [0.3, 0.4) is 0 Å². The molecule has 5 heteroatoms. The van der Waals surface area contributed by atoms with Gasteiger partial charge in [0, 0.05) is 5.56 Å². The third-order valence-corrected chi connectivity index (χ3v) is 3.30. The molecule has 2 N–H and O–H groups in total. The van der Waals surface area contributed by atoms with Crippen molar-refractivity contribution in [2.75, 3.05) is 0 Å². The molecule has 0 atom stereocenters. The fraction of sp³-hybridized carbons (Fsp3) is 0.176. The number of carbonyl (C=O) groups excluding carboxylic acids is 1. The standard InChI is InChI=1S/C17H15F3NO/c18-17(19,20)14-10-9-13(15(11-14)16(21)22)8-4-7-12-5-2-1-3-6-12/h1-3,5-7,9-11H,4,8H2,(H2,21,22). The second-order valence-corrected chi connectivity index (χ2v) is 4.89. The Morgan fingerprint density at radius 2 is 1.77 bits per heavy atom. The van der Waals surface area contributed by atoms with E-state index in [1.165, 1.54) is 6.07 Å². The van der Waals surface area contributed by atoms with Crippen molar-refractivity contribution < 1.29 is 18.0 Å². The van der Waals surface area contributed by atoms with Crippen LogP contribution in [0, 0.1) is 6.42 Å². The van der Waals surface area contributed by atoms with Crippen molar-refractivity contribution in [1.29, 1.82) is 0 Å². The fourth-order valence-electron chi connectivity index (χ4n) is 2.18. The van der Waals surface area contributed by atoms with Gasteiger partial charge in [-0.25, -0.2) is 0 Å². The van der Waals surface area contributed by atoms with Crippen LogP contribution in [-0.4, -0.2) is 5.91 Å². The van der Waals surface area contributed by atoms with E-state index in [1.807, 2.05) is 36.8 Å². The number of aryl methyl sites for hydroxylation is 1. The number of hydrogen-bond donors (Lipinski definition) is 1. The molecule has 2 rings (SSSR count). The number of benzene rings is 2. The highest BCUT2D eigenvalue weighted by Gasteiger charge is 2.31. The van der Waals surface area contributed by atoms with E-state index in [9.17, 15) is 18.0 Å². The molecule has 0 unspecified atom stereocenters.